The van der Waals surface area contributed by atoms with E-state index in [1.54, 1.807) is 35.2 Å². The SMILES string of the molecule is COc1ccc(S(=O)(=O)N2CCC[C@@H](C(=O)N3C[C@@H](C(=O)NCCc4ccccc4)Oc4ccccc43)C2)cc1. The predicted octanol–water partition coefficient (Wildman–Crippen LogP) is 3.25. The van der Waals surface area contributed by atoms with E-state index in [4.69, 9.17) is 9.47 Å². The molecule has 210 valence electrons. The van der Waals surface area contributed by atoms with Gasteiger partial charge in [-0.1, -0.05) is 42.5 Å². The van der Waals surface area contributed by atoms with Crippen LogP contribution in [0.2, 0.25) is 0 Å². The first-order valence-electron chi connectivity index (χ1n) is 13.4. The molecule has 2 amide bonds. The molecule has 0 aromatic heterocycles. The summed E-state index contributed by atoms with van der Waals surface area (Å²) in [5.41, 5.74) is 1.69. The van der Waals surface area contributed by atoms with Crippen molar-refractivity contribution in [3.8, 4) is 11.5 Å². The highest BCUT2D eigenvalue weighted by molar-refractivity contribution is 7.89. The molecule has 0 saturated carbocycles. The summed E-state index contributed by atoms with van der Waals surface area (Å²) in [6, 6.07) is 23.2. The molecular weight excluding hydrogens is 530 g/mol. The molecule has 2 aliphatic rings. The zero-order valence-corrected chi connectivity index (χ0v) is 23.2. The number of carbonyl (C=O) groups is 2. The Morgan fingerprint density at radius 3 is 2.45 bits per heavy atom. The number of amides is 2. The second kappa shape index (κ2) is 12.1. The zero-order chi connectivity index (χ0) is 28.1. The minimum Gasteiger partial charge on any atom is -0.497 e. The van der Waals surface area contributed by atoms with E-state index in [2.05, 4.69) is 5.32 Å². The maximum atomic E-state index is 13.9. The van der Waals surface area contributed by atoms with Crippen molar-refractivity contribution in [1.82, 2.24) is 9.62 Å². The molecule has 0 spiro atoms. The first kappa shape index (κ1) is 27.7. The molecule has 3 aromatic rings. The van der Waals surface area contributed by atoms with Gasteiger partial charge in [0.1, 0.15) is 11.5 Å². The topological polar surface area (TPSA) is 105 Å². The summed E-state index contributed by atoms with van der Waals surface area (Å²) in [4.78, 5) is 28.7. The van der Waals surface area contributed by atoms with Gasteiger partial charge < -0.3 is 19.7 Å². The van der Waals surface area contributed by atoms with Crippen molar-refractivity contribution < 1.29 is 27.5 Å². The molecule has 0 unspecified atom stereocenters. The average Bonchev–Trinajstić information content (AvgIpc) is 3.00. The van der Waals surface area contributed by atoms with E-state index in [9.17, 15) is 18.0 Å². The van der Waals surface area contributed by atoms with E-state index in [0.29, 0.717) is 49.5 Å². The molecule has 2 heterocycles. The lowest BCUT2D eigenvalue weighted by Gasteiger charge is -2.38. The molecule has 40 heavy (non-hydrogen) atoms. The molecule has 9 nitrogen and oxygen atoms in total. The van der Waals surface area contributed by atoms with Crippen molar-refractivity contribution >= 4 is 27.5 Å². The number of hydrogen-bond acceptors (Lipinski definition) is 6. The van der Waals surface area contributed by atoms with Crippen LogP contribution in [0.5, 0.6) is 11.5 Å². The lowest BCUT2D eigenvalue weighted by molar-refractivity contribution is -0.129. The Balaban J connectivity index is 1.29. The number of carbonyl (C=O) groups excluding carboxylic acids is 2. The number of ether oxygens (including phenoxy) is 2. The number of hydrogen-bond donors (Lipinski definition) is 1. The van der Waals surface area contributed by atoms with E-state index < -0.39 is 22.0 Å². The molecule has 3 aromatic carbocycles. The third kappa shape index (κ3) is 5.97. The molecule has 2 atom stereocenters. The minimum absolute atomic E-state index is 0.0503. The van der Waals surface area contributed by atoms with Gasteiger partial charge in [-0.2, -0.15) is 4.31 Å². The minimum atomic E-state index is -3.78. The first-order chi connectivity index (χ1) is 19.4. The Morgan fingerprint density at radius 2 is 1.70 bits per heavy atom. The summed E-state index contributed by atoms with van der Waals surface area (Å²) < 4.78 is 39.2. The average molecular weight is 564 g/mol. The summed E-state index contributed by atoms with van der Waals surface area (Å²) in [5, 5.41) is 2.93. The van der Waals surface area contributed by atoms with Crippen molar-refractivity contribution in [3.63, 3.8) is 0 Å². The van der Waals surface area contributed by atoms with Gasteiger partial charge >= 0.3 is 0 Å². The standard InChI is InChI=1S/C30H33N3O6S/c1-38-24-13-15-25(16-14-24)40(36,37)32-19-7-10-23(20-32)30(35)33-21-28(39-27-12-6-5-11-26(27)33)29(34)31-18-17-22-8-3-2-4-9-22/h2-6,8-9,11-16,23,28H,7,10,17-21H2,1H3,(H,31,34)/t23-,28+/m1/s1. The summed E-state index contributed by atoms with van der Waals surface area (Å²) in [7, 11) is -2.26. The van der Waals surface area contributed by atoms with Gasteiger partial charge in [0, 0.05) is 19.6 Å². The molecule has 1 saturated heterocycles. The number of anilines is 1. The van der Waals surface area contributed by atoms with Crippen LogP contribution in [0.3, 0.4) is 0 Å². The molecule has 2 aliphatic heterocycles. The van der Waals surface area contributed by atoms with Gasteiger partial charge in [0.25, 0.3) is 5.91 Å². The number of nitrogens with one attached hydrogen (secondary N) is 1. The highest BCUT2D eigenvalue weighted by Gasteiger charge is 2.39. The number of piperidine rings is 1. The Bertz CT molecular complexity index is 1450. The molecule has 1 N–H and O–H groups in total. The van der Waals surface area contributed by atoms with Crippen LogP contribution >= 0.6 is 0 Å². The molecule has 0 bridgehead atoms. The van der Waals surface area contributed by atoms with Crippen molar-refractivity contribution in [1.29, 1.82) is 0 Å². The normalized spacial score (nSPS) is 19.3. The lowest BCUT2D eigenvalue weighted by Crippen LogP contribution is -2.54. The highest BCUT2D eigenvalue weighted by Crippen LogP contribution is 2.35. The van der Waals surface area contributed by atoms with Gasteiger partial charge in [0.05, 0.1) is 30.2 Å². The maximum absolute atomic E-state index is 13.9. The zero-order valence-electron chi connectivity index (χ0n) is 22.4. The molecular formula is C30H33N3O6S. The van der Waals surface area contributed by atoms with Crippen molar-refractivity contribution in [2.75, 3.05) is 38.2 Å². The molecule has 10 heteroatoms. The number of rotatable bonds is 8. The second-order valence-electron chi connectivity index (χ2n) is 9.93. The van der Waals surface area contributed by atoms with Crippen LogP contribution in [0.1, 0.15) is 18.4 Å². The van der Waals surface area contributed by atoms with Crippen molar-refractivity contribution in [2.45, 2.75) is 30.3 Å². The van der Waals surface area contributed by atoms with Gasteiger partial charge in [0.15, 0.2) is 6.10 Å². The van der Waals surface area contributed by atoms with E-state index in [1.807, 2.05) is 36.4 Å². The Labute approximate surface area is 234 Å². The third-order valence-corrected chi connectivity index (χ3v) is 9.20. The fourth-order valence-electron chi connectivity index (χ4n) is 5.15. The Hall–Kier alpha value is -3.89. The number of para-hydroxylation sites is 2. The van der Waals surface area contributed by atoms with Crippen LogP contribution in [0.25, 0.3) is 0 Å². The fourth-order valence-corrected chi connectivity index (χ4v) is 6.67. The van der Waals surface area contributed by atoms with Gasteiger partial charge in [-0.05, 0) is 61.2 Å². The molecule has 0 aliphatic carbocycles. The molecule has 0 radical (unpaired) electrons. The molecule has 5 rings (SSSR count). The van der Waals surface area contributed by atoms with E-state index in [0.717, 1.165) is 5.56 Å². The van der Waals surface area contributed by atoms with Gasteiger partial charge in [0.2, 0.25) is 15.9 Å². The van der Waals surface area contributed by atoms with Gasteiger partial charge in [-0.15, -0.1) is 0 Å². The second-order valence-corrected chi connectivity index (χ2v) is 11.9. The number of methoxy groups -OCH3 is 1. The number of sulfonamides is 1. The van der Waals surface area contributed by atoms with E-state index in [1.165, 1.54) is 23.5 Å². The summed E-state index contributed by atoms with van der Waals surface area (Å²) in [5.74, 6) is -0.0445. The van der Waals surface area contributed by atoms with Gasteiger partial charge in [-0.25, -0.2) is 8.42 Å². The van der Waals surface area contributed by atoms with Crippen molar-refractivity contribution in [2.24, 2.45) is 5.92 Å². The van der Waals surface area contributed by atoms with Crippen molar-refractivity contribution in [3.05, 3.63) is 84.4 Å². The first-order valence-corrected chi connectivity index (χ1v) is 14.8. The highest BCUT2D eigenvalue weighted by atomic mass is 32.2. The number of nitrogens with zero attached hydrogens (tertiary/aromatic N) is 2. The largest absolute Gasteiger partial charge is 0.497 e. The summed E-state index contributed by atoms with van der Waals surface area (Å²) in [6.07, 6.45) is 0.915. The van der Waals surface area contributed by atoms with Crippen LogP contribution in [-0.2, 0) is 26.0 Å². The summed E-state index contributed by atoms with van der Waals surface area (Å²) in [6.45, 7) is 0.902. The van der Waals surface area contributed by atoms with Crippen LogP contribution in [0.4, 0.5) is 5.69 Å². The van der Waals surface area contributed by atoms with E-state index in [-0.39, 0.29) is 29.8 Å². The van der Waals surface area contributed by atoms with Crippen LogP contribution < -0.4 is 19.7 Å². The van der Waals surface area contributed by atoms with Gasteiger partial charge in [-0.3, -0.25) is 9.59 Å². The number of benzene rings is 3. The monoisotopic (exact) mass is 563 g/mol. The maximum Gasteiger partial charge on any atom is 0.262 e. The quantitative estimate of drug-likeness (QED) is 0.451. The fraction of sp³-hybridized carbons (Fsp3) is 0.333. The summed E-state index contributed by atoms with van der Waals surface area (Å²) >= 11 is 0. The van der Waals surface area contributed by atoms with E-state index >= 15 is 0 Å². The Kier molecular flexibility index (Phi) is 8.37. The van der Waals surface area contributed by atoms with Crippen LogP contribution in [0.15, 0.2) is 83.8 Å². The smallest absolute Gasteiger partial charge is 0.262 e. The molecule has 1 fully saturated rings. The number of fused-ring (bicyclic) bond motifs is 1. The lowest BCUT2D eigenvalue weighted by atomic mass is 9.97. The Morgan fingerprint density at radius 1 is 0.975 bits per heavy atom. The third-order valence-electron chi connectivity index (χ3n) is 7.32. The van der Waals surface area contributed by atoms with Crippen LogP contribution in [-0.4, -0.2) is 63.9 Å². The predicted molar refractivity (Wildman–Crippen MR) is 151 cm³/mol. The van der Waals surface area contributed by atoms with Crippen LogP contribution in [0, 0.1) is 5.92 Å².